The second-order valence-corrected chi connectivity index (χ2v) is 5.30. The van der Waals surface area contributed by atoms with E-state index >= 15 is 0 Å². The van der Waals surface area contributed by atoms with Gasteiger partial charge in [0.1, 0.15) is 12.7 Å². The number of rotatable bonds is 4. The Bertz CT molecular complexity index is 593. The molecule has 1 fully saturated rings. The van der Waals surface area contributed by atoms with Crippen LogP contribution in [-0.4, -0.2) is 47.0 Å². The van der Waals surface area contributed by atoms with Gasteiger partial charge in [-0.3, -0.25) is 0 Å². The van der Waals surface area contributed by atoms with E-state index in [-0.39, 0.29) is 11.9 Å². The van der Waals surface area contributed by atoms with Crippen LogP contribution in [0.5, 0.6) is 0 Å². The lowest BCUT2D eigenvalue weighted by atomic mass is 9.85. The Hall–Kier alpha value is -2.29. The van der Waals surface area contributed by atoms with E-state index in [0.717, 1.165) is 25.7 Å². The summed E-state index contributed by atoms with van der Waals surface area (Å²) in [5, 5.41) is 17.5. The fourth-order valence-corrected chi connectivity index (χ4v) is 2.50. The predicted molar refractivity (Wildman–Crippen MR) is 75.7 cm³/mol. The van der Waals surface area contributed by atoms with E-state index < -0.39 is 5.60 Å². The fraction of sp³-hybridized carbons (Fsp3) is 0.583. The summed E-state index contributed by atoms with van der Waals surface area (Å²) in [7, 11) is 0. The number of anilines is 2. The Kier molecular flexibility index (Phi) is 3.65. The maximum Gasteiger partial charge on any atom is 0.258 e. The van der Waals surface area contributed by atoms with Gasteiger partial charge in [-0.2, -0.15) is 24.7 Å². The zero-order chi connectivity index (χ0) is 14.7. The third-order valence-electron chi connectivity index (χ3n) is 3.62. The molecule has 0 amide bonds. The Morgan fingerprint density at radius 3 is 2.76 bits per heavy atom. The standard InChI is InChI=1S/C12H18N8O/c13-9-17-10(15-6-12(21)4-2-1-3-5-12)19-11(18-9)20-8-14-7-16-20/h7-8,21H,1-6H2,(H3,13,15,17,18,19). The highest BCUT2D eigenvalue weighted by Crippen LogP contribution is 2.28. The van der Waals surface area contributed by atoms with Crippen LogP contribution in [0, 0.1) is 0 Å². The van der Waals surface area contributed by atoms with Crippen molar-refractivity contribution in [3.63, 3.8) is 0 Å². The summed E-state index contributed by atoms with van der Waals surface area (Å²) in [5.74, 6) is 0.707. The SMILES string of the molecule is Nc1nc(NCC2(O)CCCCC2)nc(-n2cncn2)n1. The number of aliphatic hydroxyl groups is 1. The Morgan fingerprint density at radius 2 is 2.05 bits per heavy atom. The summed E-state index contributed by atoms with van der Waals surface area (Å²) in [6, 6.07) is 0. The van der Waals surface area contributed by atoms with Gasteiger partial charge >= 0.3 is 0 Å². The molecule has 1 saturated carbocycles. The zero-order valence-corrected chi connectivity index (χ0v) is 11.6. The number of nitrogen functional groups attached to an aromatic ring is 1. The quantitative estimate of drug-likeness (QED) is 0.725. The van der Waals surface area contributed by atoms with Crippen LogP contribution >= 0.6 is 0 Å². The summed E-state index contributed by atoms with van der Waals surface area (Å²) in [4.78, 5) is 16.1. The van der Waals surface area contributed by atoms with Gasteiger partial charge in [-0.15, -0.1) is 0 Å². The molecule has 0 spiro atoms. The van der Waals surface area contributed by atoms with Crippen molar-refractivity contribution in [2.45, 2.75) is 37.7 Å². The van der Waals surface area contributed by atoms with Crippen molar-refractivity contribution in [3.8, 4) is 5.95 Å². The molecule has 0 aromatic carbocycles. The number of nitrogens with two attached hydrogens (primary N) is 1. The first-order valence-corrected chi connectivity index (χ1v) is 6.97. The number of hydrogen-bond acceptors (Lipinski definition) is 8. The van der Waals surface area contributed by atoms with Crippen LogP contribution in [0.15, 0.2) is 12.7 Å². The predicted octanol–water partition coefficient (Wildman–Crippen LogP) is 0.142. The molecule has 0 unspecified atom stereocenters. The number of nitrogens with one attached hydrogen (secondary N) is 1. The molecule has 0 aliphatic heterocycles. The molecule has 1 aliphatic rings. The van der Waals surface area contributed by atoms with Crippen LogP contribution in [0.4, 0.5) is 11.9 Å². The molecule has 112 valence electrons. The average molecular weight is 290 g/mol. The lowest BCUT2D eigenvalue weighted by molar-refractivity contribution is 0.0166. The van der Waals surface area contributed by atoms with Gasteiger partial charge < -0.3 is 16.2 Å². The van der Waals surface area contributed by atoms with E-state index in [1.165, 1.54) is 23.8 Å². The first-order chi connectivity index (χ1) is 10.1. The Balaban J connectivity index is 1.73. The lowest BCUT2D eigenvalue weighted by Crippen LogP contribution is -2.39. The topological polar surface area (TPSA) is 128 Å². The molecular formula is C12H18N8O. The molecule has 21 heavy (non-hydrogen) atoms. The molecular weight excluding hydrogens is 272 g/mol. The summed E-state index contributed by atoms with van der Waals surface area (Å²) >= 11 is 0. The summed E-state index contributed by atoms with van der Waals surface area (Å²) in [5.41, 5.74) is 4.98. The van der Waals surface area contributed by atoms with Crippen LogP contribution in [0.3, 0.4) is 0 Å². The van der Waals surface area contributed by atoms with Crippen molar-refractivity contribution in [1.82, 2.24) is 29.7 Å². The fourth-order valence-electron chi connectivity index (χ4n) is 2.50. The van der Waals surface area contributed by atoms with Gasteiger partial charge in [0.25, 0.3) is 5.95 Å². The number of aromatic nitrogens is 6. The molecule has 1 aliphatic carbocycles. The van der Waals surface area contributed by atoms with Crippen molar-refractivity contribution >= 4 is 11.9 Å². The van der Waals surface area contributed by atoms with Gasteiger partial charge in [-0.05, 0) is 12.8 Å². The molecule has 4 N–H and O–H groups in total. The third kappa shape index (κ3) is 3.24. The van der Waals surface area contributed by atoms with Gasteiger partial charge in [0.15, 0.2) is 0 Å². The molecule has 9 heteroatoms. The second-order valence-electron chi connectivity index (χ2n) is 5.30. The number of hydrogen-bond donors (Lipinski definition) is 3. The first-order valence-electron chi connectivity index (χ1n) is 6.97. The van der Waals surface area contributed by atoms with E-state index in [1.54, 1.807) is 0 Å². The summed E-state index contributed by atoms with van der Waals surface area (Å²) in [6.07, 6.45) is 7.71. The van der Waals surface area contributed by atoms with E-state index in [4.69, 9.17) is 5.73 Å². The summed E-state index contributed by atoms with van der Waals surface area (Å²) in [6.45, 7) is 0.396. The highest BCUT2D eigenvalue weighted by molar-refractivity contribution is 5.35. The second kappa shape index (κ2) is 5.60. The van der Waals surface area contributed by atoms with Crippen molar-refractivity contribution in [3.05, 3.63) is 12.7 Å². The molecule has 3 rings (SSSR count). The maximum absolute atomic E-state index is 10.5. The van der Waals surface area contributed by atoms with E-state index in [1.807, 2.05) is 0 Å². The zero-order valence-electron chi connectivity index (χ0n) is 11.6. The Morgan fingerprint density at radius 1 is 1.24 bits per heavy atom. The summed E-state index contributed by atoms with van der Waals surface area (Å²) < 4.78 is 1.40. The molecule has 2 aromatic heterocycles. The highest BCUT2D eigenvalue weighted by Gasteiger charge is 2.29. The smallest absolute Gasteiger partial charge is 0.258 e. The maximum atomic E-state index is 10.5. The van der Waals surface area contributed by atoms with E-state index in [9.17, 15) is 5.11 Å². The molecule has 9 nitrogen and oxygen atoms in total. The van der Waals surface area contributed by atoms with Gasteiger partial charge in [-0.1, -0.05) is 19.3 Å². The van der Waals surface area contributed by atoms with Crippen LogP contribution in [0.2, 0.25) is 0 Å². The minimum atomic E-state index is -0.701. The Labute approximate surface area is 121 Å². The molecule has 0 radical (unpaired) electrons. The van der Waals surface area contributed by atoms with Crippen LogP contribution in [0.25, 0.3) is 5.95 Å². The minimum Gasteiger partial charge on any atom is -0.388 e. The van der Waals surface area contributed by atoms with Crippen molar-refractivity contribution in [1.29, 1.82) is 0 Å². The van der Waals surface area contributed by atoms with Crippen LogP contribution < -0.4 is 11.1 Å². The average Bonchev–Trinajstić information content (AvgIpc) is 3.00. The van der Waals surface area contributed by atoms with Gasteiger partial charge in [-0.25, -0.2) is 4.98 Å². The number of nitrogens with zero attached hydrogens (tertiary/aromatic N) is 6. The van der Waals surface area contributed by atoms with Crippen LogP contribution in [0.1, 0.15) is 32.1 Å². The van der Waals surface area contributed by atoms with Gasteiger partial charge in [0.05, 0.1) is 5.60 Å². The monoisotopic (exact) mass is 290 g/mol. The molecule has 0 atom stereocenters. The van der Waals surface area contributed by atoms with Gasteiger partial charge in [0.2, 0.25) is 11.9 Å². The van der Waals surface area contributed by atoms with Crippen molar-refractivity contribution < 1.29 is 5.11 Å². The third-order valence-corrected chi connectivity index (χ3v) is 3.62. The normalized spacial score (nSPS) is 17.6. The van der Waals surface area contributed by atoms with E-state index in [2.05, 4.69) is 30.4 Å². The van der Waals surface area contributed by atoms with Gasteiger partial charge in [0, 0.05) is 6.54 Å². The molecule has 2 aromatic rings. The van der Waals surface area contributed by atoms with Crippen LogP contribution in [-0.2, 0) is 0 Å². The first kappa shape index (κ1) is 13.7. The highest BCUT2D eigenvalue weighted by atomic mass is 16.3. The molecule has 2 heterocycles. The van der Waals surface area contributed by atoms with Crippen molar-refractivity contribution in [2.75, 3.05) is 17.6 Å². The molecule has 0 bridgehead atoms. The largest absolute Gasteiger partial charge is 0.388 e. The van der Waals surface area contributed by atoms with E-state index in [0.29, 0.717) is 12.5 Å². The molecule has 0 saturated heterocycles. The minimum absolute atomic E-state index is 0.0913. The lowest BCUT2D eigenvalue weighted by Gasteiger charge is -2.32. The van der Waals surface area contributed by atoms with Crippen molar-refractivity contribution in [2.24, 2.45) is 0 Å².